The molecule has 538 valence electrons. The zero-order valence-corrected chi connectivity index (χ0v) is 61.4. The topological polar surface area (TPSA) is 342 Å². The summed E-state index contributed by atoms with van der Waals surface area (Å²) >= 11 is 12.2. The number of aromatic carboxylic acids is 1. The van der Waals surface area contributed by atoms with E-state index in [0.29, 0.717) is 88.9 Å². The number of hydrogen-bond acceptors (Lipinski definition) is 21. The Labute approximate surface area is 589 Å². The molecule has 0 radical (unpaired) electrons. The number of H-pyrrole nitrogens is 1. The van der Waals surface area contributed by atoms with E-state index in [0.717, 1.165) is 35.8 Å². The number of ether oxygens (including phenoxy) is 5. The van der Waals surface area contributed by atoms with Crippen LogP contribution in [0.2, 0.25) is 10.0 Å². The van der Waals surface area contributed by atoms with E-state index in [1.54, 1.807) is 62.2 Å². The number of carbonyl (C=O) groups is 6. The lowest BCUT2D eigenvalue weighted by Crippen LogP contribution is -2.48. The van der Waals surface area contributed by atoms with Crippen LogP contribution in [0.15, 0.2) is 90.7 Å². The van der Waals surface area contributed by atoms with Gasteiger partial charge in [0.15, 0.2) is 27.0 Å². The Hall–Kier alpha value is -9.09. The molecule has 4 aliphatic rings. The van der Waals surface area contributed by atoms with E-state index < -0.39 is 55.6 Å². The Morgan fingerprint density at radius 2 is 1.48 bits per heavy atom. The SMILES string of the molecule is CCOC(=O)C1=NN(c2ccc(Cl)cc2Cl)C(C)(C(=O)OCC)C1.CCc1cc(C)cc(CC)c1-c1c(OC(=O)C(C)(C)C)n2n(c1=O)CCOCC2.COCc1cnc(C2=NC(C)(C(C)C)C(=O)N2)c(C(=O)O)c1.Cc1c(C(=O)c2c[nH]n(C)c2=O)ccc(S(C)(=O)=O)c1C1=NOCC1. The fraction of sp³-hybridized carbons (Fsp3) is 0.457. The van der Waals surface area contributed by atoms with Crippen molar-refractivity contribution < 1.29 is 70.8 Å². The minimum Gasteiger partial charge on any atom is -0.478 e. The molecule has 27 nitrogen and oxygen atoms in total. The number of sulfone groups is 1. The van der Waals surface area contributed by atoms with Crippen molar-refractivity contribution in [3.63, 3.8) is 0 Å². The quantitative estimate of drug-likeness (QED) is 0.0533. The number of carbonyl (C=O) groups excluding carboxylic acids is 5. The summed E-state index contributed by atoms with van der Waals surface area (Å²) in [5.41, 5.74) is 4.36. The molecule has 6 aromatic rings. The Kier molecular flexibility index (Phi) is 25.4. The monoisotopic (exact) mass is 1440 g/mol. The number of halogens is 2. The first kappa shape index (κ1) is 78.3. The molecule has 7 heterocycles. The summed E-state index contributed by atoms with van der Waals surface area (Å²) in [6.45, 7) is 26.8. The molecule has 4 aliphatic heterocycles. The molecule has 30 heteroatoms. The molecule has 0 aliphatic carbocycles. The average Bonchev–Trinajstić information content (AvgIpc) is 1.57. The van der Waals surface area contributed by atoms with Gasteiger partial charge >= 0.3 is 23.9 Å². The molecule has 3 aromatic heterocycles. The lowest BCUT2D eigenvalue weighted by molar-refractivity contribution is -0.148. The number of nitrogens with zero attached hydrogens (tertiary/aromatic N) is 8. The number of aliphatic imine (C=N–C) groups is 1. The maximum atomic E-state index is 13.5. The second kappa shape index (κ2) is 32.5. The highest BCUT2D eigenvalue weighted by molar-refractivity contribution is 7.90. The van der Waals surface area contributed by atoms with Crippen LogP contribution in [0.3, 0.4) is 0 Å². The van der Waals surface area contributed by atoms with Crippen LogP contribution in [0.1, 0.15) is 154 Å². The van der Waals surface area contributed by atoms with Crippen LogP contribution >= 0.6 is 23.2 Å². The molecule has 2 atom stereocenters. The molecule has 3 N–H and O–H groups in total. The summed E-state index contributed by atoms with van der Waals surface area (Å²) in [7, 11) is -0.498. The summed E-state index contributed by atoms with van der Waals surface area (Å²) in [6, 6.07) is 13.4. The number of carboxylic acid groups (broad SMARTS) is 1. The second-order valence-corrected chi connectivity index (χ2v) is 28.4. The van der Waals surface area contributed by atoms with Crippen LogP contribution in [0, 0.1) is 25.2 Å². The Morgan fingerprint density at radius 3 is 2.01 bits per heavy atom. The lowest BCUT2D eigenvalue weighted by atomic mass is 9.89. The van der Waals surface area contributed by atoms with E-state index in [4.69, 9.17) is 51.7 Å². The maximum Gasteiger partial charge on any atom is 0.354 e. The summed E-state index contributed by atoms with van der Waals surface area (Å²) in [5.74, 6) is -2.76. The van der Waals surface area contributed by atoms with Gasteiger partial charge in [-0.3, -0.25) is 33.6 Å². The number of hydrogen-bond donors (Lipinski definition) is 3. The predicted octanol–water partition coefficient (Wildman–Crippen LogP) is 9.17. The van der Waals surface area contributed by atoms with Gasteiger partial charge in [0.2, 0.25) is 5.88 Å². The summed E-state index contributed by atoms with van der Waals surface area (Å²) < 4.78 is 55.5. The summed E-state index contributed by atoms with van der Waals surface area (Å²) in [5, 5.41) is 25.0. The number of nitrogens with one attached hydrogen (secondary N) is 2. The van der Waals surface area contributed by atoms with Gasteiger partial charge in [-0.05, 0) is 145 Å². The number of ketones is 1. The standard InChI is InChI=1S/C23H32N2O4.C16H18Cl2N2O4.C16H17N3O5S.C15H19N3O4/c1-7-16-13-15(3)14-17(8-2)18(16)19-20(26)24-9-11-28-12-10-25(24)21(19)29-22(27)23(4,5)6;1-4-23-14(21)12-9-16(3,15(22)24-5-2)20(19-12)13-7-6-10(17)8-11(13)18;1-9-10(15(20)11-8-17-19(2)16(11)21)4-5-13(25(3,22)23)14(9)12-6-7-24-18-12;1-8(2)15(3)14(21)17-12(18-15)11-10(13(19)20)5-9(6-16-11)7-22-4/h13-14H,7-12H2,1-6H3;6-8H,4-5,9H2,1-3H3;4-5,8,17H,6-7H2,1-3H3;5-6,8H,7H2,1-4H3,(H,19,20)(H,17,18,21). The number of methoxy groups -OCH3 is 1. The number of rotatable bonds is 18. The van der Waals surface area contributed by atoms with E-state index in [1.165, 1.54) is 60.0 Å². The molecule has 0 saturated heterocycles. The van der Waals surface area contributed by atoms with Crippen molar-refractivity contribution in [2.24, 2.45) is 33.6 Å². The minimum absolute atomic E-state index is 0.00623. The minimum atomic E-state index is -3.52. The van der Waals surface area contributed by atoms with E-state index >= 15 is 0 Å². The highest BCUT2D eigenvalue weighted by Crippen LogP contribution is 2.40. The van der Waals surface area contributed by atoms with Crippen molar-refractivity contribution >= 4 is 91.6 Å². The third kappa shape index (κ3) is 17.0. The van der Waals surface area contributed by atoms with Gasteiger partial charge in [-0.1, -0.05) is 73.7 Å². The van der Waals surface area contributed by atoms with Crippen LogP contribution < -0.4 is 26.2 Å². The van der Waals surface area contributed by atoms with E-state index in [2.05, 4.69) is 63.6 Å². The number of aromatic amines is 1. The van der Waals surface area contributed by atoms with Crippen molar-refractivity contribution in [2.75, 3.05) is 51.4 Å². The zero-order valence-electron chi connectivity index (χ0n) is 59.1. The van der Waals surface area contributed by atoms with Crippen LogP contribution in [-0.4, -0.2) is 148 Å². The number of hydrazone groups is 1. The van der Waals surface area contributed by atoms with Crippen LogP contribution in [-0.2, 0) is 92.4 Å². The van der Waals surface area contributed by atoms with Gasteiger partial charge in [-0.15, -0.1) is 0 Å². The number of amidine groups is 1. The van der Waals surface area contributed by atoms with Gasteiger partial charge in [0, 0.05) is 61.8 Å². The fourth-order valence-corrected chi connectivity index (χ4v) is 12.7. The number of benzene rings is 3. The first-order valence-electron chi connectivity index (χ1n) is 32.4. The predicted molar refractivity (Wildman–Crippen MR) is 377 cm³/mol. The molecule has 0 fully saturated rings. The fourth-order valence-electron chi connectivity index (χ4n) is 11.2. The van der Waals surface area contributed by atoms with E-state index in [-0.39, 0.29) is 88.4 Å². The molecule has 3 aromatic carbocycles. The van der Waals surface area contributed by atoms with Gasteiger partial charge < -0.3 is 44.0 Å². The molecule has 10 rings (SSSR count). The van der Waals surface area contributed by atoms with Gasteiger partial charge in [0.1, 0.15) is 34.7 Å². The smallest absolute Gasteiger partial charge is 0.354 e. The average molecular weight is 1440 g/mol. The molecular formula is C70H86Cl2N10O17S. The normalized spacial score (nSPS) is 17.1. The van der Waals surface area contributed by atoms with Crippen LogP contribution in [0.4, 0.5) is 5.69 Å². The number of aromatic nitrogens is 5. The van der Waals surface area contributed by atoms with Crippen molar-refractivity contribution in [2.45, 2.75) is 151 Å². The zero-order chi connectivity index (χ0) is 74.1. The molecule has 100 heavy (non-hydrogen) atoms. The number of carboxylic acids is 1. The first-order valence-corrected chi connectivity index (χ1v) is 35.1. The largest absolute Gasteiger partial charge is 0.478 e. The van der Waals surface area contributed by atoms with Crippen LogP contribution in [0.5, 0.6) is 5.88 Å². The molecular weight excluding hydrogens is 1360 g/mol. The molecule has 2 unspecified atom stereocenters. The third-order valence-corrected chi connectivity index (χ3v) is 18.6. The van der Waals surface area contributed by atoms with Gasteiger partial charge in [0.25, 0.3) is 17.0 Å². The number of amides is 1. The first-order chi connectivity index (χ1) is 47.0. The molecule has 0 saturated carbocycles. The Balaban J connectivity index is 0.000000188. The van der Waals surface area contributed by atoms with Crippen LogP contribution in [0.25, 0.3) is 11.1 Å². The Bertz CT molecular complexity index is 4480. The maximum absolute atomic E-state index is 13.5. The lowest BCUT2D eigenvalue weighted by Gasteiger charge is -2.32. The molecule has 0 spiro atoms. The number of aryl methyl sites for hydroxylation is 4. The molecule has 0 bridgehead atoms. The van der Waals surface area contributed by atoms with Gasteiger partial charge in [-0.2, -0.15) is 5.10 Å². The van der Waals surface area contributed by atoms with Gasteiger partial charge in [0.05, 0.1) is 78.4 Å². The van der Waals surface area contributed by atoms with Crippen molar-refractivity contribution in [3.05, 3.63) is 147 Å². The number of esters is 3. The van der Waals surface area contributed by atoms with Crippen molar-refractivity contribution in [1.29, 1.82) is 0 Å². The van der Waals surface area contributed by atoms with Crippen molar-refractivity contribution in [1.82, 2.24) is 29.4 Å². The number of pyridine rings is 1. The van der Waals surface area contributed by atoms with E-state index in [9.17, 15) is 51.9 Å². The highest BCUT2D eigenvalue weighted by atomic mass is 35.5. The molecule has 1 amide bonds. The number of oxime groups is 1. The van der Waals surface area contributed by atoms with E-state index in [1.807, 2.05) is 34.6 Å². The van der Waals surface area contributed by atoms with Crippen molar-refractivity contribution in [3.8, 4) is 17.0 Å². The Morgan fingerprint density at radius 1 is 0.830 bits per heavy atom. The number of anilines is 1. The highest BCUT2D eigenvalue weighted by Gasteiger charge is 2.50. The number of fused-ring (bicyclic) bond motifs is 1. The summed E-state index contributed by atoms with van der Waals surface area (Å²) in [4.78, 5) is 113. The third-order valence-electron chi connectivity index (χ3n) is 16.9. The second-order valence-electron chi connectivity index (χ2n) is 25.6. The summed E-state index contributed by atoms with van der Waals surface area (Å²) in [6.07, 6.45) is 6.06. The van der Waals surface area contributed by atoms with Gasteiger partial charge in [-0.25, -0.2) is 42.2 Å².